The van der Waals surface area contributed by atoms with Crippen LogP contribution in [-0.2, 0) is 4.74 Å². The molecule has 0 aliphatic heterocycles. The predicted molar refractivity (Wildman–Crippen MR) is 56.8 cm³/mol. The second-order valence-electron chi connectivity index (χ2n) is 4.55. The molecule has 0 fully saturated rings. The van der Waals surface area contributed by atoms with Gasteiger partial charge in [-0.25, -0.2) is 23.1 Å². The van der Waals surface area contributed by atoms with Crippen molar-refractivity contribution in [3.05, 3.63) is 18.2 Å². The largest absolute Gasteiger partial charge is 0.443 e. The third kappa shape index (κ3) is 3.77. The molecule has 0 bridgehead atoms. The Morgan fingerprint density at radius 2 is 2.12 bits per heavy atom. The minimum atomic E-state index is -2.73. The van der Waals surface area contributed by atoms with E-state index in [1.807, 2.05) is 0 Å². The van der Waals surface area contributed by atoms with Crippen LogP contribution in [0.3, 0.4) is 0 Å². The lowest BCUT2D eigenvalue weighted by Gasteiger charge is -2.19. The van der Waals surface area contributed by atoms with Gasteiger partial charge in [-0.15, -0.1) is 0 Å². The van der Waals surface area contributed by atoms with Gasteiger partial charge in [0.1, 0.15) is 18.0 Å². The van der Waals surface area contributed by atoms with Crippen molar-refractivity contribution in [3.8, 4) is 0 Å². The van der Waals surface area contributed by atoms with Gasteiger partial charge in [0, 0.05) is 6.20 Å². The zero-order chi connectivity index (χ0) is 13.2. The molecule has 0 saturated heterocycles. The molecule has 1 aromatic heterocycles. The van der Waals surface area contributed by atoms with Crippen LogP contribution in [0, 0.1) is 0 Å². The Kier molecular flexibility index (Phi) is 3.82. The summed E-state index contributed by atoms with van der Waals surface area (Å²) in [7, 11) is 0. The van der Waals surface area contributed by atoms with Gasteiger partial charge >= 0.3 is 6.09 Å². The van der Waals surface area contributed by atoms with E-state index in [2.05, 4.69) is 4.98 Å². The Balaban J connectivity index is 2.78. The molecular weight excluding hydrogens is 232 g/mol. The van der Waals surface area contributed by atoms with Gasteiger partial charge in [-0.05, 0) is 20.8 Å². The summed E-state index contributed by atoms with van der Waals surface area (Å²) in [5.74, 6) is 0. The molecule has 7 heteroatoms. The third-order valence-corrected chi connectivity index (χ3v) is 1.82. The highest BCUT2D eigenvalue weighted by atomic mass is 19.3. The summed E-state index contributed by atoms with van der Waals surface area (Å²) in [5, 5.41) is 0. The number of rotatable bonds is 2. The van der Waals surface area contributed by atoms with Gasteiger partial charge in [-0.3, -0.25) is 0 Å². The molecule has 0 saturated carbocycles. The summed E-state index contributed by atoms with van der Waals surface area (Å²) in [6, 6.07) is -1.50. The number of nitrogens with two attached hydrogens (primary N) is 1. The number of ether oxygens (including phenoxy) is 1. The molecule has 17 heavy (non-hydrogen) atoms. The summed E-state index contributed by atoms with van der Waals surface area (Å²) < 4.78 is 30.6. The van der Waals surface area contributed by atoms with Gasteiger partial charge in [0.25, 0.3) is 6.43 Å². The fraction of sp³-hybridized carbons (Fsp3) is 0.600. The van der Waals surface area contributed by atoms with Gasteiger partial charge in [0.15, 0.2) is 0 Å². The maximum atomic E-state index is 12.3. The minimum absolute atomic E-state index is 0.0501. The average molecular weight is 247 g/mol. The highest BCUT2D eigenvalue weighted by Gasteiger charge is 2.22. The van der Waals surface area contributed by atoms with Gasteiger partial charge in [0.05, 0.1) is 5.69 Å². The van der Waals surface area contributed by atoms with E-state index in [4.69, 9.17) is 10.5 Å². The van der Waals surface area contributed by atoms with E-state index >= 15 is 0 Å². The van der Waals surface area contributed by atoms with Crippen LogP contribution in [0.2, 0.25) is 0 Å². The molecule has 5 nitrogen and oxygen atoms in total. The van der Waals surface area contributed by atoms with E-state index < -0.39 is 24.2 Å². The van der Waals surface area contributed by atoms with Crippen molar-refractivity contribution in [1.82, 2.24) is 9.55 Å². The van der Waals surface area contributed by atoms with Gasteiger partial charge in [-0.2, -0.15) is 0 Å². The Morgan fingerprint density at radius 1 is 1.53 bits per heavy atom. The lowest BCUT2D eigenvalue weighted by atomic mass is 10.2. The van der Waals surface area contributed by atoms with E-state index in [9.17, 15) is 13.6 Å². The Labute approximate surface area is 97.6 Å². The summed E-state index contributed by atoms with van der Waals surface area (Å²) in [4.78, 5) is 15.2. The first-order valence-electron chi connectivity index (χ1n) is 5.01. The topological polar surface area (TPSA) is 70.1 Å². The second kappa shape index (κ2) is 4.79. The summed E-state index contributed by atoms with van der Waals surface area (Å²) >= 11 is 0. The predicted octanol–water partition coefficient (Wildman–Crippen LogP) is 1.93. The van der Waals surface area contributed by atoms with Crippen molar-refractivity contribution in [2.75, 3.05) is 0 Å². The van der Waals surface area contributed by atoms with E-state index in [1.165, 1.54) is 0 Å². The minimum Gasteiger partial charge on any atom is -0.443 e. The first kappa shape index (κ1) is 13.6. The Hall–Kier alpha value is -1.50. The zero-order valence-corrected chi connectivity index (χ0v) is 9.85. The van der Waals surface area contributed by atoms with Crippen molar-refractivity contribution in [1.29, 1.82) is 0 Å². The number of nitrogens with zero attached hydrogens (tertiary/aromatic N) is 2. The van der Waals surface area contributed by atoms with Gasteiger partial charge in [0.2, 0.25) is 0 Å². The first-order valence-corrected chi connectivity index (χ1v) is 5.01. The molecule has 1 heterocycles. The summed E-state index contributed by atoms with van der Waals surface area (Å²) in [5.41, 5.74) is 4.49. The molecular formula is C10H15F2N3O2. The number of alkyl halides is 2. The molecule has 0 radical (unpaired) electrons. The number of carbonyl (C=O) groups excluding carboxylic acids is 1. The van der Waals surface area contributed by atoms with Crippen molar-refractivity contribution in [2.24, 2.45) is 5.73 Å². The SMILES string of the molecule is CC(C)(C)OC(=O)n1cnc(C(N)C(F)F)c1. The van der Waals surface area contributed by atoms with Crippen LogP contribution in [0.4, 0.5) is 13.6 Å². The van der Waals surface area contributed by atoms with E-state index in [-0.39, 0.29) is 5.69 Å². The number of carbonyl (C=O) groups is 1. The molecule has 2 N–H and O–H groups in total. The van der Waals surface area contributed by atoms with Crippen LogP contribution in [0.5, 0.6) is 0 Å². The van der Waals surface area contributed by atoms with Crippen molar-refractivity contribution < 1.29 is 18.3 Å². The van der Waals surface area contributed by atoms with E-state index in [0.29, 0.717) is 0 Å². The number of hydrogen-bond donors (Lipinski definition) is 1. The average Bonchev–Trinajstić information content (AvgIpc) is 2.62. The number of aromatic nitrogens is 2. The van der Waals surface area contributed by atoms with Gasteiger partial charge in [-0.1, -0.05) is 0 Å². The standard InChI is InChI=1S/C10H15F2N3O2/c1-10(2,3)17-9(16)15-4-6(14-5-15)7(13)8(11)12/h4-5,7-8H,13H2,1-3H3. The highest BCUT2D eigenvalue weighted by molar-refractivity contribution is 5.70. The van der Waals surface area contributed by atoms with E-state index in [1.54, 1.807) is 20.8 Å². The molecule has 0 amide bonds. The summed E-state index contributed by atoms with van der Waals surface area (Å²) in [6.07, 6.45) is -1.16. The molecule has 1 atom stereocenters. The van der Waals surface area contributed by atoms with Crippen molar-refractivity contribution in [3.63, 3.8) is 0 Å². The fourth-order valence-electron chi connectivity index (χ4n) is 1.05. The van der Waals surface area contributed by atoms with E-state index in [0.717, 1.165) is 17.1 Å². The monoisotopic (exact) mass is 247 g/mol. The van der Waals surface area contributed by atoms with Crippen LogP contribution in [0.15, 0.2) is 12.5 Å². The van der Waals surface area contributed by atoms with Crippen LogP contribution in [0.1, 0.15) is 32.5 Å². The quantitative estimate of drug-likeness (QED) is 0.866. The highest BCUT2D eigenvalue weighted by Crippen LogP contribution is 2.16. The van der Waals surface area contributed by atoms with Gasteiger partial charge < -0.3 is 10.5 Å². The van der Waals surface area contributed by atoms with Crippen LogP contribution < -0.4 is 5.73 Å². The molecule has 1 rings (SSSR count). The number of hydrogen-bond acceptors (Lipinski definition) is 4. The lowest BCUT2D eigenvalue weighted by molar-refractivity contribution is 0.0535. The number of imidazole rings is 1. The van der Waals surface area contributed by atoms with Crippen molar-refractivity contribution in [2.45, 2.75) is 38.8 Å². The normalized spacial score (nSPS) is 13.8. The molecule has 0 aromatic carbocycles. The Bertz CT molecular complexity index is 399. The zero-order valence-electron chi connectivity index (χ0n) is 9.85. The smallest absolute Gasteiger partial charge is 0.419 e. The molecule has 0 aliphatic rings. The maximum Gasteiger partial charge on any atom is 0.419 e. The summed E-state index contributed by atoms with van der Waals surface area (Å²) in [6.45, 7) is 5.11. The first-order chi connectivity index (χ1) is 7.70. The second-order valence-corrected chi connectivity index (χ2v) is 4.55. The van der Waals surface area contributed by atoms with Crippen LogP contribution in [0.25, 0.3) is 0 Å². The molecule has 0 spiro atoms. The van der Waals surface area contributed by atoms with Crippen LogP contribution >= 0.6 is 0 Å². The van der Waals surface area contributed by atoms with Crippen LogP contribution in [-0.4, -0.2) is 27.7 Å². The Morgan fingerprint density at radius 3 is 2.59 bits per heavy atom. The number of halogens is 2. The molecule has 1 aromatic rings. The maximum absolute atomic E-state index is 12.3. The van der Waals surface area contributed by atoms with Crippen molar-refractivity contribution >= 4 is 6.09 Å². The molecule has 0 aliphatic carbocycles. The lowest BCUT2D eigenvalue weighted by Crippen LogP contribution is -2.26. The molecule has 1 unspecified atom stereocenters. The third-order valence-electron chi connectivity index (χ3n) is 1.82. The fourth-order valence-corrected chi connectivity index (χ4v) is 1.05. The molecule has 96 valence electrons.